The number of unbranched alkanes of at least 4 members (excludes halogenated alkanes) is 12. The Morgan fingerprint density at radius 3 is 1.77 bits per heavy atom. The second kappa shape index (κ2) is 33.1. The lowest BCUT2D eigenvalue weighted by Crippen LogP contribution is -2.60. The molecule has 3 unspecified atom stereocenters. The van der Waals surface area contributed by atoms with Crippen LogP contribution in [0.15, 0.2) is 72.9 Å². The van der Waals surface area contributed by atoms with Crippen LogP contribution in [0.3, 0.4) is 0 Å². The van der Waals surface area contributed by atoms with Gasteiger partial charge >= 0.3 is 11.9 Å². The number of hydrogen-bond donors (Lipinski definition) is 4. The molecule has 1 fully saturated rings. The second-order valence-corrected chi connectivity index (χ2v) is 15.5. The molecule has 0 bridgehead atoms. The molecule has 0 spiro atoms. The monoisotopic (exact) mass is 810 g/mol. The summed E-state index contributed by atoms with van der Waals surface area (Å²) in [5, 5.41) is 30.8. The molecule has 56 heavy (non-hydrogen) atoms. The van der Waals surface area contributed by atoms with Gasteiger partial charge in [-0.25, -0.2) is 0 Å². The number of allylic oxidation sites excluding steroid dienone is 12. The molecule has 320 valence electrons. The predicted octanol–water partition coefficient (Wildman–Crippen LogP) is 7.55. The van der Waals surface area contributed by atoms with Crippen LogP contribution in [0, 0.1) is 0 Å². The lowest BCUT2D eigenvalue weighted by molar-refractivity contribution is -0.297. The van der Waals surface area contributed by atoms with Gasteiger partial charge in [0.1, 0.15) is 36.8 Å². The van der Waals surface area contributed by atoms with Crippen LogP contribution in [-0.2, 0) is 38.7 Å². The minimum absolute atomic E-state index is 0.0637. The summed E-state index contributed by atoms with van der Waals surface area (Å²) in [5.74, 6) is -2.10. The first kappa shape index (κ1) is 51.1. The highest BCUT2D eigenvalue weighted by molar-refractivity contribution is 7.85. The fraction of sp³-hybridized carbons (Fsp3) is 0.674. The average molecular weight is 811 g/mol. The van der Waals surface area contributed by atoms with E-state index in [0.717, 1.165) is 38.5 Å². The van der Waals surface area contributed by atoms with E-state index in [-0.39, 0.29) is 19.4 Å². The standard InChI is InChI=1S/C43H70O12S/c1-3-5-7-9-11-13-15-17-18-20-21-23-25-27-29-31-38(44)52-33-36(34-53-43-42(48)41(47)40(46)37(55-43)35-56(49,50)51)54-39(45)32-30-28-26-24-22-19-16-14-12-10-8-6-4-2/h6,8,10,12-16,19,22,24,26,36-37,40-43,46-48H,3-5,7,9,11,17-18,20-21,23,25,27-35H2,1-2H3,(H,49,50,51)/b8-6+,12-10+,15-13+,16-14+,22-19+,26-24+/t36?,37-,40-,41?,42?,43+/m1/s1. The first-order valence-corrected chi connectivity index (χ1v) is 22.2. The Morgan fingerprint density at radius 1 is 0.625 bits per heavy atom. The summed E-state index contributed by atoms with van der Waals surface area (Å²) < 4.78 is 53.8. The van der Waals surface area contributed by atoms with Crippen molar-refractivity contribution in [3.8, 4) is 0 Å². The number of ether oxygens (including phenoxy) is 4. The Labute approximate surface area is 336 Å². The topological polar surface area (TPSA) is 186 Å². The van der Waals surface area contributed by atoms with E-state index in [2.05, 4.69) is 32.1 Å². The predicted molar refractivity (Wildman–Crippen MR) is 219 cm³/mol. The van der Waals surface area contributed by atoms with E-state index in [0.29, 0.717) is 19.3 Å². The smallest absolute Gasteiger partial charge is 0.306 e. The maximum Gasteiger partial charge on any atom is 0.306 e. The zero-order chi connectivity index (χ0) is 41.3. The van der Waals surface area contributed by atoms with Crippen molar-refractivity contribution in [1.82, 2.24) is 0 Å². The SMILES string of the molecule is CC/C=C/C=C/C=C/C=C/C=C/CCCC(=O)OC(COC(=O)CCCCCCCCC/C=C/CCCCCC)CO[C@H]1O[C@H](CS(=O)(=O)O)[C@@H](O)C(O)C1O. The van der Waals surface area contributed by atoms with Crippen molar-refractivity contribution in [1.29, 1.82) is 0 Å². The molecular formula is C43H70O12S. The fourth-order valence-corrected chi connectivity index (χ4v) is 6.39. The lowest BCUT2D eigenvalue weighted by atomic mass is 10.00. The Balaban J connectivity index is 2.55. The van der Waals surface area contributed by atoms with Crippen molar-refractivity contribution in [3.05, 3.63) is 72.9 Å². The highest BCUT2D eigenvalue weighted by Gasteiger charge is 2.46. The largest absolute Gasteiger partial charge is 0.462 e. The molecule has 1 rings (SSSR count). The summed E-state index contributed by atoms with van der Waals surface area (Å²) in [6.07, 6.45) is 31.1. The highest BCUT2D eigenvalue weighted by Crippen LogP contribution is 2.24. The van der Waals surface area contributed by atoms with Crippen LogP contribution in [0.1, 0.15) is 129 Å². The van der Waals surface area contributed by atoms with Crippen LogP contribution >= 0.6 is 0 Å². The molecule has 6 atom stereocenters. The van der Waals surface area contributed by atoms with E-state index >= 15 is 0 Å². The normalized spacial score (nSPS) is 21.4. The maximum atomic E-state index is 12.7. The van der Waals surface area contributed by atoms with Gasteiger partial charge in [0.2, 0.25) is 0 Å². The molecular weight excluding hydrogens is 741 g/mol. The van der Waals surface area contributed by atoms with E-state index in [1.54, 1.807) is 0 Å². The van der Waals surface area contributed by atoms with Crippen molar-refractivity contribution in [2.24, 2.45) is 0 Å². The molecule has 0 aromatic carbocycles. The van der Waals surface area contributed by atoms with Crippen LogP contribution in [0.4, 0.5) is 0 Å². The molecule has 0 radical (unpaired) electrons. The average Bonchev–Trinajstić information content (AvgIpc) is 3.16. The number of carbonyl (C=O) groups excluding carboxylic acids is 2. The molecule has 0 amide bonds. The zero-order valence-corrected chi connectivity index (χ0v) is 34.5. The molecule has 1 heterocycles. The molecule has 1 aliphatic heterocycles. The minimum atomic E-state index is -4.61. The highest BCUT2D eigenvalue weighted by atomic mass is 32.2. The number of aliphatic hydroxyl groups is 3. The first-order valence-electron chi connectivity index (χ1n) is 20.6. The minimum Gasteiger partial charge on any atom is -0.462 e. The quantitative estimate of drug-likeness (QED) is 0.0172. The molecule has 13 heteroatoms. The Kier molecular flexibility index (Phi) is 30.2. The number of esters is 2. The summed E-state index contributed by atoms with van der Waals surface area (Å²) in [4.78, 5) is 25.3. The van der Waals surface area contributed by atoms with Gasteiger partial charge in [-0.05, 0) is 51.4 Å². The summed E-state index contributed by atoms with van der Waals surface area (Å²) in [6, 6.07) is 0. The van der Waals surface area contributed by atoms with Gasteiger partial charge in [-0.3, -0.25) is 14.1 Å². The number of rotatable bonds is 32. The molecule has 0 saturated carbocycles. The van der Waals surface area contributed by atoms with E-state index in [9.17, 15) is 37.9 Å². The van der Waals surface area contributed by atoms with Crippen molar-refractivity contribution < 1.29 is 56.8 Å². The van der Waals surface area contributed by atoms with Gasteiger partial charge in [-0.2, -0.15) is 8.42 Å². The Hall–Kier alpha value is -2.91. The van der Waals surface area contributed by atoms with Crippen molar-refractivity contribution in [3.63, 3.8) is 0 Å². The summed E-state index contributed by atoms with van der Waals surface area (Å²) in [7, 11) is -4.61. The van der Waals surface area contributed by atoms with Crippen molar-refractivity contribution in [2.45, 2.75) is 166 Å². The molecule has 1 aliphatic rings. The van der Waals surface area contributed by atoms with Gasteiger partial charge in [-0.1, -0.05) is 138 Å². The van der Waals surface area contributed by atoms with Gasteiger partial charge in [0, 0.05) is 12.8 Å². The molecule has 12 nitrogen and oxygen atoms in total. The molecule has 0 aliphatic carbocycles. The van der Waals surface area contributed by atoms with Crippen LogP contribution < -0.4 is 0 Å². The van der Waals surface area contributed by atoms with Gasteiger partial charge < -0.3 is 34.3 Å². The maximum absolute atomic E-state index is 12.7. The van der Waals surface area contributed by atoms with Crippen molar-refractivity contribution in [2.75, 3.05) is 19.0 Å². The Bertz CT molecular complexity index is 1320. The zero-order valence-electron chi connectivity index (χ0n) is 33.7. The summed E-state index contributed by atoms with van der Waals surface area (Å²) >= 11 is 0. The Morgan fingerprint density at radius 2 is 1.16 bits per heavy atom. The van der Waals surface area contributed by atoms with E-state index in [1.807, 2.05) is 54.7 Å². The summed E-state index contributed by atoms with van der Waals surface area (Å²) in [6.45, 7) is 3.51. The number of carbonyl (C=O) groups is 2. The van der Waals surface area contributed by atoms with Gasteiger partial charge in [0.15, 0.2) is 12.4 Å². The fourth-order valence-electron chi connectivity index (χ4n) is 5.70. The third-order valence-electron chi connectivity index (χ3n) is 8.90. The number of hydrogen-bond acceptors (Lipinski definition) is 11. The van der Waals surface area contributed by atoms with Gasteiger partial charge in [0.25, 0.3) is 10.1 Å². The molecule has 4 N–H and O–H groups in total. The third-order valence-corrected chi connectivity index (χ3v) is 9.65. The first-order chi connectivity index (χ1) is 27.0. The molecule has 1 saturated heterocycles. The van der Waals surface area contributed by atoms with Gasteiger partial charge in [0.05, 0.1) is 6.61 Å². The number of aliphatic hydroxyl groups excluding tert-OH is 3. The van der Waals surface area contributed by atoms with Gasteiger partial charge in [-0.15, -0.1) is 0 Å². The molecule has 0 aromatic heterocycles. The van der Waals surface area contributed by atoms with Crippen molar-refractivity contribution >= 4 is 22.1 Å². The van der Waals surface area contributed by atoms with Crippen LogP contribution in [-0.4, -0.2) is 96.0 Å². The lowest BCUT2D eigenvalue weighted by Gasteiger charge is -2.40. The third kappa shape index (κ3) is 27.6. The van der Waals surface area contributed by atoms with E-state index < -0.39 is 71.2 Å². The van der Waals surface area contributed by atoms with Crippen LogP contribution in [0.2, 0.25) is 0 Å². The van der Waals surface area contributed by atoms with E-state index in [4.69, 9.17) is 18.9 Å². The van der Waals surface area contributed by atoms with Crippen LogP contribution in [0.25, 0.3) is 0 Å². The molecule has 0 aromatic rings. The summed E-state index contributed by atoms with van der Waals surface area (Å²) in [5.41, 5.74) is 0. The second-order valence-electron chi connectivity index (χ2n) is 14.0. The van der Waals surface area contributed by atoms with E-state index in [1.165, 1.54) is 44.9 Å². The van der Waals surface area contributed by atoms with Crippen LogP contribution in [0.5, 0.6) is 0 Å².